The molecule has 4 rings (SSSR count). The molecule has 154 valence electrons. The lowest BCUT2D eigenvalue weighted by molar-refractivity contribution is -0.121. The minimum Gasteiger partial charge on any atom is -0.486 e. The highest BCUT2D eigenvalue weighted by molar-refractivity contribution is 7.12. The van der Waals surface area contributed by atoms with E-state index in [4.69, 9.17) is 9.47 Å². The Balaban J connectivity index is 1.41. The van der Waals surface area contributed by atoms with Crippen molar-refractivity contribution in [2.45, 2.75) is 31.1 Å². The highest BCUT2D eigenvalue weighted by atomic mass is 32.1. The molecule has 0 spiro atoms. The Kier molecular flexibility index (Phi) is 5.76. The third kappa shape index (κ3) is 4.24. The average Bonchev–Trinajstić information content (AvgIpc) is 3.44. The zero-order valence-electron chi connectivity index (χ0n) is 16.6. The first kappa shape index (κ1) is 19.8. The molecule has 1 aliphatic carbocycles. The number of amides is 2. The molecule has 1 aromatic carbocycles. The summed E-state index contributed by atoms with van der Waals surface area (Å²) >= 11 is 1.38. The fourth-order valence-corrected chi connectivity index (χ4v) is 4.91. The summed E-state index contributed by atoms with van der Waals surface area (Å²) in [6.45, 7) is 1.75. The van der Waals surface area contributed by atoms with Crippen molar-refractivity contribution < 1.29 is 19.1 Å². The van der Waals surface area contributed by atoms with Crippen LogP contribution in [0.2, 0.25) is 0 Å². The first-order chi connectivity index (χ1) is 14.1. The molecule has 0 unspecified atom stereocenters. The molecule has 1 aliphatic heterocycles. The summed E-state index contributed by atoms with van der Waals surface area (Å²) in [5.41, 5.74) is 1.09. The molecule has 0 radical (unpaired) electrons. The molecule has 2 aliphatic rings. The van der Waals surface area contributed by atoms with Crippen LogP contribution in [0.15, 0.2) is 35.7 Å². The van der Waals surface area contributed by atoms with Crippen LogP contribution in [-0.2, 0) is 10.2 Å². The molecule has 0 atom stereocenters. The van der Waals surface area contributed by atoms with Gasteiger partial charge in [0.2, 0.25) is 5.91 Å². The number of carbonyl (C=O) groups excluding carboxylic acids is 2. The minimum absolute atomic E-state index is 0.0496. The number of hydrogen-bond acceptors (Lipinski definition) is 5. The van der Waals surface area contributed by atoms with Crippen LogP contribution in [0.3, 0.4) is 0 Å². The third-order valence-electron chi connectivity index (χ3n) is 5.80. The molecule has 6 nitrogen and oxygen atoms in total. The monoisotopic (exact) mass is 414 g/mol. The van der Waals surface area contributed by atoms with Gasteiger partial charge in [-0.2, -0.15) is 0 Å². The summed E-state index contributed by atoms with van der Waals surface area (Å²) in [4.78, 5) is 27.0. The number of rotatable bonds is 6. The number of benzene rings is 1. The summed E-state index contributed by atoms with van der Waals surface area (Å²) in [6, 6.07) is 9.74. The molecule has 2 heterocycles. The fourth-order valence-electron chi connectivity index (χ4n) is 4.19. The van der Waals surface area contributed by atoms with E-state index < -0.39 is 0 Å². The van der Waals surface area contributed by atoms with Crippen molar-refractivity contribution >= 4 is 23.2 Å². The van der Waals surface area contributed by atoms with Crippen molar-refractivity contribution in [3.63, 3.8) is 0 Å². The van der Waals surface area contributed by atoms with E-state index in [9.17, 15) is 9.59 Å². The zero-order valence-corrected chi connectivity index (χ0v) is 17.4. The maximum atomic E-state index is 12.5. The van der Waals surface area contributed by atoms with Crippen LogP contribution in [0.1, 0.15) is 40.9 Å². The second-order valence-corrected chi connectivity index (χ2v) is 8.71. The van der Waals surface area contributed by atoms with E-state index in [0.717, 1.165) is 37.2 Å². The van der Waals surface area contributed by atoms with Crippen LogP contribution in [0.5, 0.6) is 11.5 Å². The van der Waals surface area contributed by atoms with Crippen LogP contribution in [0.25, 0.3) is 0 Å². The van der Waals surface area contributed by atoms with E-state index >= 15 is 0 Å². The van der Waals surface area contributed by atoms with Gasteiger partial charge in [0, 0.05) is 19.0 Å². The summed E-state index contributed by atoms with van der Waals surface area (Å²) in [5.74, 6) is 1.30. The Morgan fingerprint density at radius 3 is 2.62 bits per heavy atom. The normalized spacial score (nSPS) is 17.0. The Bertz CT molecular complexity index is 875. The van der Waals surface area contributed by atoms with Crippen molar-refractivity contribution in [1.82, 2.24) is 10.2 Å². The molecular formula is C22H26N2O4S. The Morgan fingerprint density at radius 2 is 1.90 bits per heavy atom. The van der Waals surface area contributed by atoms with Gasteiger partial charge in [0.05, 0.1) is 11.4 Å². The second-order valence-electron chi connectivity index (χ2n) is 7.76. The first-order valence-electron chi connectivity index (χ1n) is 10.0. The summed E-state index contributed by atoms with van der Waals surface area (Å²) < 4.78 is 11.4. The van der Waals surface area contributed by atoms with Gasteiger partial charge in [0.25, 0.3) is 5.91 Å². The smallest absolute Gasteiger partial charge is 0.264 e. The number of hydrogen-bond donors (Lipinski definition) is 1. The van der Waals surface area contributed by atoms with Gasteiger partial charge in [0.1, 0.15) is 13.2 Å². The number of likely N-dealkylation sites (N-methyl/N-ethyl adjacent to an activating group) is 1. The molecule has 2 amide bonds. The van der Waals surface area contributed by atoms with Crippen LogP contribution < -0.4 is 14.8 Å². The highest BCUT2D eigenvalue weighted by Gasteiger charge is 2.37. The summed E-state index contributed by atoms with van der Waals surface area (Å²) in [7, 11) is 1.66. The van der Waals surface area contributed by atoms with Gasteiger partial charge in [-0.05, 0) is 42.0 Å². The van der Waals surface area contributed by atoms with Crippen LogP contribution >= 0.6 is 11.3 Å². The van der Waals surface area contributed by atoms with Crippen molar-refractivity contribution in [3.05, 3.63) is 46.2 Å². The number of nitrogens with zero attached hydrogens (tertiary/aromatic N) is 1. The molecule has 1 fully saturated rings. The lowest BCUT2D eigenvalue weighted by Gasteiger charge is -2.31. The van der Waals surface area contributed by atoms with Gasteiger partial charge in [-0.15, -0.1) is 11.3 Å². The standard InChI is InChI=1S/C22H26N2O4S/c1-24(21(26)19-5-4-12-29-19)14-20(25)23-15-22(8-2-3-9-22)16-6-7-17-18(13-16)28-11-10-27-17/h4-7,12-13H,2-3,8-11,14-15H2,1H3,(H,23,25). The van der Waals surface area contributed by atoms with Gasteiger partial charge >= 0.3 is 0 Å². The van der Waals surface area contributed by atoms with E-state index in [-0.39, 0.29) is 23.8 Å². The van der Waals surface area contributed by atoms with Crippen molar-refractivity contribution in [2.24, 2.45) is 0 Å². The summed E-state index contributed by atoms with van der Waals surface area (Å²) in [5, 5.41) is 4.93. The largest absolute Gasteiger partial charge is 0.486 e. The Labute approximate surface area is 174 Å². The van der Waals surface area contributed by atoms with Gasteiger partial charge in [-0.1, -0.05) is 25.0 Å². The van der Waals surface area contributed by atoms with Crippen molar-refractivity contribution in [2.75, 3.05) is 33.4 Å². The van der Waals surface area contributed by atoms with E-state index in [2.05, 4.69) is 17.4 Å². The van der Waals surface area contributed by atoms with E-state index in [1.54, 1.807) is 13.1 Å². The Hall–Kier alpha value is -2.54. The number of fused-ring (bicyclic) bond motifs is 1. The topological polar surface area (TPSA) is 67.9 Å². The molecule has 0 saturated heterocycles. The second kappa shape index (κ2) is 8.45. The zero-order chi connectivity index (χ0) is 20.3. The molecule has 1 aromatic heterocycles. The SMILES string of the molecule is CN(CC(=O)NCC1(c2ccc3c(c2)OCCO3)CCCC1)C(=O)c1cccs1. The Morgan fingerprint density at radius 1 is 1.14 bits per heavy atom. The molecule has 7 heteroatoms. The van der Waals surface area contributed by atoms with Gasteiger partial charge in [0.15, 0.2) is 11.5 Å². The van der Waals surface area contributed by atoms with Crippen molar-refractivity contribution in [3.8, 4) is 11.5 Å². The molecule has 29 heavy (non-hydrogen) atoms. The van der Waals surface area contributed by atoms with Gasteiger partial charge < -0.3 is 19.7 Å². The lowest BCUT2D eigenvalue weighted by Crippen LogP contribution is -2.44. The minimum atomic E-state index is -0.138. The molecule has 0 bridgehead atoms. The summed E-state index contributed by atoms with van der Waals surface area (Å²) in [6.07, 6.45) is 4.33. The number of nitrogens with one attached hydrogen (secondary N) is 1. The molecule has 2 aromatic rings. The number of ether oxygens (including phenoxy) is 2. The maximum Gasteiger partial charge on any atom is 0.264 e. The number of carbonyl (C=O) groups is 2. The predicted molar refractivity (Wildman–Crippen MR) is 112 cm³/mol. The highest BCUT2D eigenvalue weighted by Crippen LogP contribution is 2.43. The lowest BCUT2D eigenvalue weighted by atomic mass is 9.78. The van der Waals surface area contributed by atoms with Crippen LogP contribution in [-0.4, -0.2) is 50.1 Å². The third-order valence-corrected chi connectivity index (χ3v) is 6.66. The van der Waals surface area contributed by atoms with Crippen LogP contribution in [0, 0.1) is 0 Å². The quantitative estimate of drug-likeness (QED) is 0.788. The van der Waals surface area contributed by atoms with Gasteiger partial charge in [-0.25, -0.2) is 0 Å². The molecule has 1 saturated carbocycles. The average molecular weight is 415 g/mol. The van der Waals surface area contributed by atoms with Crippen LogP contribution in [0.4, 0.5) is 0 Å². The predicted octanol–water partition coefficient (Wildman–Crippen LogP) is 3.22. The molecule has 1 N–H and O–H groups in total. The van der Waals surface area contributed by atoms with E-state index in [1.807, 2.05) is 17.5 Å². The fraction of sp³-hybridized carbons (Fsp3) is 0.455. The van der Waals surface area contributed by atoms with Crippen molar-refractivity contribution in [1.29, 1.82) is 0 Å². The molecular weight excluding hydrogens is 388 g/mol. The maximum absolute atomic E-state index is 12.5. The number of thiophene rings is 1. The van der Waals surface area contributed by atoms with E-state index in [0.29, 0.717) is 24.6 Å². The van der Waals surface area contributed by atoms with E-state index in [1.165, 1.54) is 21.8 Å². The van der Waals surface area contributed by atoms with Gasteiger partial charge in [-0.3, -0.25) is 9.59 Å². The first-order valence-corrected chi connectivity index (χ1v) is 10.9.